The van der Waals surface area contributed by atoms with E-state index in [9.17, 15) is 9.59 Å². The zero-order valence-electron chi connectivity index (χ0n) is 11.3. The van der Waals surface area contributed by atoms with Crippen LogP contribution in [0.15, 0.2) is 29.4 Å². The highest BCUT2D eigenvalue weighted by Gasteiger charge is 2.28. The Balaban J connectivity index is 1.89. The standard InChI is InChI=1S/C13H16N4O3/c1-17-12(18)7-11(15-13(17)19)16-14-8-9-3-5-10(20-2)6-4-9/h3-6,8,11,16H,7H2,1-2H3,(H,15,19)/b14-8+. The second-order valence-electron chi connectivity index (χ2n) is 4.32. The first-order valence-electron chi connectivity index (χ1n) is 6.10. The summed E-state index contributed by atoms with van der Waals surface area (Å²) in [5.74, 6) is 0.522. The van der Waals surface area contributed by atoms with Gasteiger partial charge >= 0.3 is 6.03 Å². The number of rotatable bonds is 4. The minimum Gasteiger partial charge on any atom is -0.497 e. The van der Waals surface area contributed by atoms with E-state index in [-0.39, 0.29) is 12.3 Å². The van der Waals surface area contributed by atoms with Crippen molar-refractivity contribution in [1.82, 2.24) is 15.6 Å². The SMILES string of the molecule is COc1ccc(/C=N/NC2CC(=O)N(C)C(=O)N2)cc1. The molecule has 0 bridgehead atoms. The molecule has 7 nitrogen and oxygen atoms in total. The minimum atomic E-state index is -0.485. The summed E-state index contributed by atoms with van der Waals surface area (Å²) in [7, 11) is 3.04. The summed E-state index contributed by atoms with van der Waals surface area (Å²) >= 11 is 0. The van der Waals surface area contributed by atoms with E-state index in [1.54, 1.807) is 13.3 Å². The van der Waals surface area contributed by atoms with Gasteiger partial charge in [-0.25, -0.2) is 4.79 Å². The maximum Gasteiger partial charge on any atom is 0.325 e. The molecule has 106 valence electrons. The van der Waals surface area contributed by atoms with Crippen molar-refractivity contribution in [3.05, 3.63) is 29.8 Å². The predicted octanol–water partition coefficient (Wildman–Crippen LogP) is 0.516. The Morgan fingerprint density at radius 1 is 1.40 bits per heavy atom. The lowest BCUT2D eigenvalue weighted by atomic mass is 10.2. The summed E-state index contributed by atoms with van der Waals surface area (Å²) in [6.45, 7) is 0. The molecule has 0 radical (unpaired) electrons. The van der Waals surface area contributed by atoms with Gasteiger partial charge in [0.25, 0.3) is 0 Å². The Kier molecular flexibility index (Phi) is 4.19. The van der Waals surface area contributed by atoms with Gasteiger partial charge in [-0.3, -0.25) is 15.1 Å². The zero-order valence-corrected chi connectivity index (χ0v) is 11.3. The van der Waals surface area contributed by atoms with Crippen LogP contribution in [0.3, 0.4) is 0 Å². The van der Waals surface area contributed by atoms with E-state index in [0.717, 1.165) is 16.2 Å². The third-order valence-electron chi connectivity index (χ3n) is 2.91. The number of ether oxygens (including phenoxy) is 1. The summed E-state index contributed by atoms with van der Waals surface area (Å²) in [6, 6.07) is 6.91. The fourth-order valence-electron chi connectivity index (χ4n) is 1.69. The van der Waals surface area contributed by atoms with E-state index >= 15 is 0 Å². The van der Waals surface area contributed by atoms with Gasteiger partial charge in [-0.1, -0.05) is 0 Å². The first-order valence-corrected chi connectivity index (χ1v) is 6.10. The number of hydrazone groups is 1. The number of hydrogen-bond donors (Lipinski definition) is 2. The van der Waals surface area contributed by atoms with E-state index in [1.165, 1.54) is 7.05 Å². The van der Waals surface area contributed by atoms with Gasteiger partial charge in [0.1, 0.15) is 11.9 Å². The molecule has 0 aliphatic carbocycles. The van der Waals surface area contributed by atoms with Gasteiger partial charge in [0.05, 0.1) is 19.7 Å². The number of benzene rings is 1. The average molecular weight is 276 g/mol. The number of carbonyl (C=O) groups excluding carboxylic acids is 2. The molecule has 0 spiro atoms. The number of carbonyl (C=O) groups is 2. The van der Waals surface area contributed by atoms with Gasteiger partial charge in [-0.15, -0.1) is 0 Å². The third kappa shape index (κ3) is 3.25. The second kappa shape index (κ2) is 6.05. The summed E-state index contributed by atoms with van der Waals surface area (Å²) < 4.78 is 5.05. The van der Waals surface area contributed by atoms with E-state index in [4.69, 9.17) is 4.74 Å². The van der Waals surface area contributed by atoms with Crippen molar-refractivity contribution in [2.45, 2.75) is 12.6 Å². The third-order valence-corrected chi connectivity index (χ3v) is 2.91. The lowest BCUT2D eigenvalue weighted by molar-refractivity contribution is -0.129. The molecular weight excluding hydrogens is 260 g/mol. The molecule has 1 fully saturated rings. The number of imide groups is 1. The Labute approximate surface area is 116 Å². The Bertz CT molecular complexity index is 509. The molecule has 1 aromatic carbocycles. The first kappa shape index (κ1) is 13.9. The molecule has 1 aliphatic heterocycles. The van der Waals surface area contributed by atoms with Crippen LogP contribution in [0.4, 0.5) is 4.79 Å². The van der Waals surface area contributed by atoms with Crippen LogP contribution in [0, 0.1) is 0 Å². The molecule has 1 saturated heterocycles. The molecule has 7 heteroatoms. The van der Waals surface area contributed by atoms with Gasteiger partial charge in [-0.2, -0.15) is 5.10 Å². The van der Waals surface area contributed by atoms with Crippen molar-refractivity contribution >= 4 is 18.2 Å². The van der Waals surface area contributed by atoms with Crippen molar-refractivity contribution in [2.24, 2.45) is 5.10 Å². The molecule has 3 amide bonds. The van der Waals surface area contributed by atoms with Crippen molar-refractivity contribution < 1.29 is 14.3 Å². The fraction of sp³-hybridized carbons (Fsp3) is 0.308. The van der Waals surface area contributed by atoms with Crippen LogP contribution in [0.25, 0.3) is 0 Å². The van der Waals surface area contributed by atoms with Crippen molar-refractivity contribution in [3.63, 3.8) is 0 Å². The van der Waals surface area contributed by atoms with Crippen molar-refractivity contribution in [3.8, 4) is 5.75 Å². The highest BCUT2D eigenvalue weighted by molar-refractivity contribution is 5.96. The van der Waals surface area contributed by atoms with Crippen LogP contribution in [0.5, 0.6) is 5.75 Å². The lowest BCUT2D eigenvalue weighted by Gasteiger charge is -2.28. The van der Waals surface area contributed by atoms with Crippen LogP contribution in [-0.4, -0.2) is 43.4 Å². The normalized spacial score (nSPS) is 19.1. The molecule has 1 unspecified atom stereocenters. The maximum absolute atomic E-state index is 11.5. The Hall–Kier alpha value is -2.57. The van der Waals surface area contributed by atoms with E-state index in [1.807, 2.05) is 24.3 Å². The number of amides is 3. The van der Waals surface area contributed by atoms with E-state index < -0.39 is 12.2 Å². The smallest absolute Gasteiger partial charge is 0.325 e. The van der Waals surface area contributed by atoms with Gasteiger partial charge < -0.3 is 10.1 Å². The molecular formula is C13H16N4O3. The van der Waals surface area contributed by atoms with Crippen LogP contribution < -0.4 is 15.5 Å². The topological polar surface area (TPSA) is 83.0 Å². The van der Waals surface area contributed by atoms with Crippen LogP contribution in [0.1, 0.15) is 12.0 Å². The second-order valence-corrected chi connectivity index (χ2v) is 4.32. The molecule has 1 atom stereocenters. The molecule has 0 aromatic heterocycles. The Morgan fingerprint density at radius 3 is 2.70 bits per heavy atom. The Morgan fingerprint density at radius 2 is 2.10 bits per heavy atom. The minimum absolute atomic E-state index is 0.169. The molecule has 1 heterocycles. The van der Waals surface area contributed by atoms with Gasteiger partial charge in [0.15, 0.2) is 0 Å². The largest absolute Gasteiger partial charge is 0.497 e. The maximum atomic E-state index is 11.5. The van der Waals surface area contributed by atoms with Crippen molar-refractivity contribution in [1.29, 1.82) is 0 Å². The highest BCUT2D eigenvalue weighted by Crippen LogP contribution is 2.09. The summed E-state index contributed by atoms with van der Waals surface area (Å²) in [5, 5.41) is 6.64. The highest BCUT2D eigenvalue weighted by atomic mass is 16.5. The number of methoxy groups -OCH3 is 1. The van der Waals surface area contributed by atoms with Gasteiger partial charge in [0.2, 0.25) is 5.91 Å². The van der Waals surface area contributed by atoms with Crippen molar-refractivity contribution in [2.75, 3.05) is 14.2 Å². The summed E-state index contributed by atoms with van der Waals surface area (Å²) in [6.07, 6.45) is 1.29. The van der Waals surface area contributed by atoms with Crippen LogP contribution >= 0.6 is 0 Å². The van der Waals surface area contributed by atoms with Gasteiger partial charge in [-0.05, 0) is 29.8 Å². The molecule has 1 aliphatic rings. The fourth-order valence-corrected chi connectivity index (χ4v) is 1.69. The number of hydrogen-bond acceptors (Lipinski definition) is 5. The first-order chi connectivity index (χ1) is 9.60. The number of urea groups is 1. The molecule has 2 rings (SSSR count). The van der Waals surface area contributed by atoms with Crippen LogP contribution in [0.2, 0.25) is 0 Å². The number of nitrogens with one attached hydrogen (secondary N) is 2. The molecule has 0 saturated carbocycles. The monoisotopic (exact) mass is 276 g/mol. The molecule has 1 aromatic rings. The quantitative estimate of drug-likeness (QED) is 0.620. The van der Waals surface area contributed by atoms with E-state index in [0.29, 0.717) is 0 Å². The lowest BCUT2D eigenvalue weighted by Crippen LogP contribution is -2.57. The molecule has 20 heavy (non-hydrogen) atoms. The predicted molar refractivity (Wildman–Crippen MR) is 73.4 cm³/mol. The van der Waals surface area contributed by atoms with E-state index in [2.05, 4.69) is 15.8 Å². The molecule has 2 N–H and O–H groups in total. The average Bonchev–Trinajstić information content (AvgIpc) is 2.45. The number of nitrogens with zero attached hydrogens (tertiary/aromatic N) is 2. The van der Waals surface area contributed by atoms with Gasteiger partial charge in [0, 0.05) is 7.05 Å². The van der Waals surface area contributed by atoms with Crippen LogP contribution in [-0.2, 0) is 4.79 Å². The summed E-state index contributed by atoms with van der Waals surface area (Å²) in [5.41, 5.74) is 3.62. The summed E-state index contributed by atoms with van der Waals surface area (Å²) in [4.78, 5) is 23.9. The zero-order chi connectivity index (χ0) is 14.5.